The van der Waals surface area contributed by atoms with Crippen molar-refractivity contribution in [2.24, 2.45) is 7.05 Å². The summed E-state index contributed by atoms with van der Waals surface area (Å²) < 4.78 is 6.97. The fourth-order valence-corrected chi connectivity index (χ4v) is 1.98. The lowest BCUT2D eigenvalue weighted by atomic mass is 10.1. The normalized spacial score (nSPS) is 11.6. The standard InChI is InChI=1S/C14H19N3O3/c1-14(2,3)16-12(18)8-15-13(19)10-7-11-9(17(10)4)5-6-20-11/h5-7H,8H2,1-4H3,(H,15,19)(H,16,18). The van der Waals surface area contributed by atoms with Gasteiger partial charge < -0.3 is 19.6 Å². The van der Waals surface area contributed by atoms with Crippen LogP contribution < -0.4 is 10.6 Å². The maximum Gasteiger partial charge on any atom is 0.268 e. The highest BCUT2D eigenvalue weighted by molar-refractivity contribution is 5.99. The first-order valence-electron chi connectivity index (χ1n) is 6.40. The summed E-state index contributed by atoms with van der Waals surface area (Å²) in [6.07, 6.45) is 1.57. The quantitative estimate of drug-likeness (QED) is 0.890. The van der Waals surface area contributed by atoms with Crippen LogP contribution in [0.5, 0.6) is 0 Å². The molecule has 0 aliphatic rings. The van der Waals surface area contributed by atoms with E-state index in [0.717, 1.165) is 5.52 Å². The van der Waals surface area contributed by atoms with Crippen LogP contribution >= 0.6 is 0 Å². The molecule has 0 fully saturated rings. The Morgan fingerprint density at radius 3 is 2.65 bits per heavy atom. The van der Waals surface area contributed by atoms with Gasteiger partial charge in [0.2, 0.25) is 5.91 Å². The lowest BCUT2D eigenvalue weighted by Gasteiger charge is -2.20. The topological polar surface area (TPSA) is 76.3 Å². The third-order valence-corrected chi connectivity index (χ3v) is 2.82. The molecule has 6 nitrogen and oxygen atoms in total. The summed E-state index contributed by atoms with van der Waals surface area (Å²) in [6.45, 7) is 5.61. The molecule has 0 aromatic carbocycles. The van der Waals surface area contributed by atoms with Gasteiger partial charge in [-0.1, -0.05) is 0 Å². The average Bonchev–Trinajstić information content (AvgIpc) is 2.87. The van der Waals surface area contributed by atoms with Gasteiger partial charge in [-0.25, -0.2) is 0 Å². The van der Waals surface area contributed by atoms with Gasteiger partial charge in [-0.2, -0.15) is 0 Å². The van der Waals surface area contributed by atoms with E-state index in [4.69, 9.17) is 4.42 Å². The van der Waals surface area contributed by atoms with E-state index in [9.17, 15) is 9.59 Å². The fraction of sp³-hybridized carbons (Fsp3) is 0.429. The van der Waals surface area contributed by atoms with Gasteiger partial charge in [0, 0.05) is 24.7 Å². The van der Waals surface area contributed by atoms with Gasteiger partial charge in [0.25, 0.3) is 5.91 Å². The number of aryl methyl sites for hydroxylation is 1. The number of aromatic nitrogens is 1. The van der Waals surface area contributed by atoms with E-state index in [1.165, 1.54) is 0 Å². The number of amides is 2. The number of hydrogen-bond donors (Lipinski definition) is 2. The van der Waals surface area contributed by atoms with Gasteiger partial charge >= 0.3 is 0 Å². The Hall–Kier alpha value is -2.24. The molecule has 2 rings (SSSR count). The van der Waals surface area contributed by atoms with Gasteiger partial charge in [-0.15, -0.1) is 0 Å². The van der Waals surface area contributed by atoms with Gasteiger partial charge in [-0.05, 0) is 20.8 Å². The predicted octanol–water partition coefficient (Wildman–Crippen LogP) is 1.42. The van der Waals surface area contributed by atoms with Crippen molar-refractivity contribution in [1.29, 1.82) is 0 Å². The summed E-state index contributed by atoms with van der Waals surface area (Å²) in [5, 5.41) is 5.38. The van der Waals surface area contributed by atoms with Crippen LogP contribution in [0, 0.1) is 0 Å². The molecule has 0 aliphatic carbocycles. The lowest BCUT2D eigenvalue weighted by molar-refractivity contribution is -0.121. The van der Waals surface area contributed by atoms with Crippen molar-refractivity contribution < 1.29 is 14.0 Å². The molecule has 2 aromatic rings. The fourth-order valence-electron chi connectivity index (χ4n) is 1.98. The van der Waals surface area contributed by atoms with Gasteiger partial charge in [0.05, 0.1) is 18.3 Å². The summed E-state index contributed by atoms with van der Waals surface area (Å²) in [4.78, 5) is 23.7. The number of carbonyl (C=O) groups is 2. The van der Waals surface area contributed by atoms with Crippen LogP contribution in [0.3, 0.4) is 0 Å². The van der Waals surface area contributed by atoms with E-state index >= 15 is 0 Å². The third kappa shape index (κ3) is 3.01. The van der Waals surface area contributed by atoms with E-state index in [0.29, 0.717) is 11.3 Å². The minimum atomic E-state index is -0.313. The smallest absolute Gasteiger partial charge is 0.268 e. The van der Waals surface area contributed by atoms with Crippen LogP contribution in [0.25, 0.3) is 11.1 Å². The van der Waals surface area contributed by atoms with Crippen molar-refractivity contribution >= 4 is 22.9 Å². The summed E-state index contributed by atoms with van der Waals surface area (Å²) in [7, 11) is 1.78. The van der Waals surface area contributed by atoms with Crippen molar-refractivity contribution in [3.8, 4) is 0 Å². The largest absolute Gasteiger partial charge is 0.463 e. The second-order valence-electron chi connectivity index (χ2n) is 5.74. The Bertz CT molecular complexity index is 646. The minimum Gasteiger partial charge on any atom is -0.463 e. The van der Waals surface area contributed by atoms with Crippen LogP contribution in [0.1, 0.15) is 31.3 Å². The Labute approximate surface area is 117 Å². The van der Waals surface area contributed by atoms with E-state index in [1.54, 1.807) is 30.0 Å². The van der Waals surface area contributed by atoms with Crippen LogP contribution in [0.2, 0.25) is 0 Å². The lowest BCUT2D eigenvalue weighted by Crippen LogP contribution is -2.46. The Balaban J connectivity index is 2.00. The number of rotatable bonds is 3. The molecule has 6 heteroatoms. The number of furan rings is 1. The Morgan fingerprint density at radius 1 is 1.35 bits per heavy atom. The molecule has 0 spiro atoms. The molecule has 0 bridgehead atoms. The van der Waals surface area contributed by atoms with Gasteiger partial charge in [-0.3, -0.25) is 9.59 Å². The Kier molecular flexibility index (Phi) is 3.57. The second kappa shape index (κ2) is 5.03. The summed E-state index contributed by atoms with van der Waals surface area (Å²) in [6, 6.07) is 3.45. The molecular formula is C14H19N3O3. The Morgan fingerprint density at radius 2 is 2.05 bits per heavy atom. The first-order valence-corrected chi connectivity index (χ1v) is 6.40. The molecule has 2 N–H and O–H groups in total. The summed E-state index contributed by atoms with van der Waals surface area (Å²) >= 11 is 0. The van der Waals surface area contributed by atoms with Gasteiger partial charge in [0.1, 0.15) is 5.69 Å². The first-order chi connectivity index (χ1) is 9.28. The average molecular weight is 277 g/mol. The molecule has 0 aliphatic heterocycles. The summed E-state index contributed by atoms with van der Waals surface area (Å²) in [5.41, 5.74) is 1.64. The number of fused-ring (bicyclic) bond motifs is 1. The van der Waals surface area contributed by atoms with Crippen LogP contribution in [0.4, 0.5) is 0 Å². The first kappa shape index (κ1) is 14.2. The maximum atomic E-state index is 12.0. The van der Waals surface area contributed by atoms with Crippen molar-refractivity contribution in [2.45, 2.75) is 26.3 Å². The molecule has 0 saturated heterocycles. The highest BCUT2D eigenvalue weighted by atomic mass is 16.3. The highest BCUT2D eigenvalue weighted by Gasteiger charge is 2.17. The van der Waals surface area contributed by atoms with Crippen LogP contribution in [-0.2, 0) is 11.8 Å². The van der Waals surface area contributed by atoms with Gasteiger partial charge in [0.15, 0.2) is 5.58 Å². The minimum absolute atomic E-state index is 0.0529. The van der Waals surface area contributed by atoms with E-state index in [-0.39, 0.29) is 23.9 Å². The van der Waals surface area contributed by atoms with Crippen molar-refractivity contribution in [2.75, 3.05) is 6.54 Å². The highest BCUT2D eigenvalue weighted by Crippen LogP contribution is 2.19. The second-order valence-corrected chi connectivity index (χ2v) is 5.74. The predicted molar refractivity (Wildman–Crippen MR) is 75.4 cm³/mol. The van der Waals surface area contributed by atoms with E-state index < -0.39 is 0 Å². The molecule has 2 heterocycles. The molecule has 2 aromatic heterocycles. The van der Waals surface area contributed by atoms with Crippen LogP contribution in [-0.4, -0.2) is 28.5 Å². The number of nitrogens with one attached hydrogen (secondary N) is 2. The number of carbonyl (C=O) groups excluding carboxylic acids is 2. The SMILES string of the molecule is Cn1c(C(=O)NCC(=O)NC(C)(C)C)cc2occc21. The molecule has 108 valence electrons. The van der Waals surface area contributed by atoms with E-state index in [2.05, 4.69) is 10.6 Å². The molecule has 20 heavy (non-hydrogen) atoms. The molecular weight excluding hydrogens is 258 g/mol. The molecule has 0 unspecified atom stereocenters. The van der Waals surface area contributed by atoms with E-state index in [1.807, 2.05) is 20.8 Å². The molecule has 0 saturated carbocycles. The van der Waals surface area contributed by atoms with Crippen LogP contribution in [0.15, 0.2) is 22.8 Å². The molecule has 0 atom stereocenters. The number of nitrogens with zero attached hydrogens (tertiary/aromatic N) is 1. The van der Waals surface area contributed by atoms with Crippen molar-refractivity contribution in [3.05, 3.63) is 24.1 Å². The molecule has 2 amide bonds. The van der Waals surface area contributed by atoms with Crippen molar-refractivity contribution in [1.82, 2.24) is 15.2 Å². The summed E-state index contributed by atoms with van der Waals surface area (Å²) in [5.74, 6) is -0.522. The number of hydrogen-bond acceptors (Lipinski definition) is 3. The van der Waals surface area contributed by atoms with Crippen molar-refractivity contribution in [3.63, 3.8) is 0 Å². The monoisotopic (exact) mass is 277 g/mol. The zero-order valence-corrected chi connectivity index (χ0v) is 12.1. The third-order valence-electron chi connectivity index (χ3n) is 2.82. The zero-order valence-electron chi connectivity index (χ0n) is 12.1. The zero-order chi connectivity index (χ0) is 14.9. The maximum absolute atomic E-state index is 12.0. The molecule has 0 radical (unpaired) electrons.